The summed E-state index contributed by atoms with van der Waals surface area (Å²) in [5.74, 6) is 1.89. The molecular weight excluding hydrogens is 246 g/mol. The van der Waals surface area contributed by atoms with Gasteiger partial charge in [0.05, 0.1) is 6.04 Å². The maximum atomic E-state index is 5.32. The number of nitrogens with one attached hydrogen (secondary N) is 1. The summed E-state index contributed by atoms with van der Waals surface area (Å²) in [7, 11) is 2.06. The first-order valence-electron chi connectivity index (χ1n) is 6.47. The predicted molar refractivity (Wildman–Crippen MR) is 67.4 cm³/mol. The summed E-state index contributed by atoms with van der Waals surface area (Å²) in [5, 5.41) is 7.41. The van der Waals surface area contributed by atoms with Gasteiger partial charge in [-0.15, -0.1) is 0 Å². The highest BCUT2D eigenvalue weighted by Crippen LogP contribution is 2.24. The number of oxazole rings is 1. The third kappa shape index (κ3) is 2.26. The summed E-state index contributed by atoms with van der Waals surface area (Å²) in [6, 6.07) is 0.142. The minimum absolute atomic E-state index is 0.142. The van der Waals surface area contributed by atoms with E-state index in [1.165, 1.54) is 6.39 Å². The zero-order chi connectivity index (χ0) is 13.2. The van der Waals surface area contributed by atoms with Crippen molar-refractivity contribution in [2.24, 2.45) is 0 Å². The molecule has 102 valence electrons. The largest absolute Gasteiger partial charge is 0.448 e. The summed E-state index contributed by atoms with van der Waals surface area (Å²) >= 11 is 0. The molecule has 0 spiro atoms. The number of rotatable bonds is 3. The second-order valence-electron chi connectivity index (χ2n) is 4.64. The highest BCUT2D eigenvalue weighted by Gasteiger charge is 2.26. The van der Waals surface area contributed by atoms with Gasteiger partial charge < -0.3 is 14.3 Å². The maximum absolute atomic E-state index is 5.32. The van der Waals surface area contributed by atoms with Crippen LogP contribution < -0.4 is 5.32 Å². The Morgan fingerprint density at radius 1 is 1.53 bits per heavy atom. The van der Waals surface area contributed by atoms with Crippen LogP contribution in [0.25, 0.3) is 11.6 Å². The fourth-order valence-electron chi connectivity index (χ4n) is 2.26. The molecule has 1 aliphatic heterocycles. The minimum Gasteiger partial charge on any atom is -0.448 e. The van der Waals surface area contributed by atoms with Gasteiger partial charge in [0.2, 0.25) is 0 Å². The number of nitrogens with zero attached hydrogens (tertiary/aromatic N) is 4. The van der Waals surface area contributed by atoms with Crippen LogP contribution in [-0.2, 0) is 6.42 Å². The molecule has 1 atom stereocenters. The molecule has 1 N–H and O–H groups in total. The SMILES string of the molecule is CCc1ocnc1-c1nc(C2CNCCN2C)no1. The van der Waals surface area contributed by atoms with Gasteiger partial charge in [0, 0.05) is 26.1 Å². The Kier molecular flexibility index (Phi) is 3.31. The Morgan fingerprint density at radius 3 is 3.21 bits per heavy atom. The van der Waals surface area contributed by atoms with Gasteiger partial charge in [0.15, 0.2) is 17.9 Å². The van der Waals surface area contributed by atoms with Crippen LogP contribution in [0.5, 0.6) is 0 Å². The molecule has 2 aromatic heterocycles. The molecule has 7 nitrogen and oxygen atoms in total. The van der Waals surface area contributed by atoms with Gasteiger partial charge >= 0.3 is 0 Å². The van der Waals surface area contributed by atoms with Crippen molar-refractivity contribution in [1.82, 2.24) is 25.3 Å². The lowest BCUT2D eigenvalue weighted by Crippen LogP contribution is -2.44. The Morgan fingerprint density at radius 2 is 2.42 bits per heavy atom. The fraction of sp³-hybridized carbons (Fsp3) is 0.583. The first-order valence-corrected chi connectivity index (χ1v) is 6.47. The summed E-state index contributed by atoms with van der Waals surface area (Å²) < 4.78 is 10.6. The van der Waals surface area contributed by atoms with E-state index in [0.29, 0.717) is 17.4 Å². The Hall–Kier alpha value is -1.73. The van der Waals surface area contributed by atoms with Crippen molar-refractivity contribution in [3.05, 3.63) is 18.0 Å². The second kappa shape index (κ2) is 5.10. The lowest BCUT2D eigenvalue weighted by atomic mass is 10.2. The van der Waals surface area contributed by atoms with Gasteiger partial charge in [-0.2, -0.15) is 4.98 Å². The zero-order valence-electron chi connectivity index (χ0n) is 11.1. The highest BCUT2D eigenvalue weighted by molar-refractivity contribution is 5.48. The Balaban J connectivity index is 1.87. The minimum atomic E-state index is 0.142. The normalized spacial score (nSPS) is 20.8. The van der Waals surface area contributed by atoms with Crippen molar-refractivity contribution in [2.45, 2.75) is 19.4 Å². The van der Waals surface area contributed by atoms with Gasteiger partial charge in [-0.05, 0) is 7.05 Å². The van der Waals surface area contributed by atoms with Gasteiger partial charge in [-0.25, -0.2) is 4.98 Å². The van der Waals surface area contributed by atoms with Gasteiger partial charge in [0.25, 0.3) is 5.89 Å². The molecule has 19 heavy (non-hydrogen) atoms. The molecule has 0 amide bonds. The third-order valence-electron chi connectivity index (χ3n) is 3.42. The first-order chi connectivity index (χ1) is 9.29. The van der Waals surface area contributed by atoms with Gasteiger partial charge in [0.1, 0.15) is 5.76 Å². The molecule has 3 heterocycles. The quantitative estimate of drug-likeness (QED) is 0.879. The van der Waals surface area contributed by atoms with Crippen LogP contribution in [0.2, 0.25) is 0 Å². The summed E-state index contributed by atoms with van der Waals surface area (Å²) in [5.41, 5.74) is 0.646. The molecule has 2 aromatic rings. The third-order valence-corrected chi connectivity index (χ3v) is 3.42. The van der Waals surface area contributed by atoms with E-state index in [4.69, 9.17) is 8.94 Å². The van der Waals surface area contributed by atoms with Crippen molar-refractivity contribution < 1.29 is 8.94 Å². The number of hydrogen-bond donors (Lipinski definition) is 1. The van der Waals surface area contributed by atoms with Crippen LogP contribution in [0.1, 0.15) is 24.6 Å². The van der Waals surface area contributed by atoms with Crippen LogP contribution in [-0.4, -0.2) is 46.7 Å². The van der Waals surface area contributed by atoms with E-state index in [1.807, 2.05) is 6.92 Å². The van der Waals surface area contributed by atoms with E-state index >= 15 is 0 Å². The van der Waals surface area contributed by atoms with Crippen LogP contribution in [0.3, 0.4) is 0 Å². The van der Waals surface area contributed by atoms with E-state index < -0.39 is 0 Å². The number of hydrogen-bond acceptors (Lipinski definition) is 7. The van der Waals surface area contributed by atoms with Crippen LogP contribution in [0, 0.1) is 0 Å². The van der Waals surface area contributed by atoms with Crippen molar-refractivity contribution in [1.29, 1.82) is 0 Å². The second-order valence-corrected chi connectivity index (χ2v) is 4.64. The predicted octanol–water partition coefficient (Wildman–Crippen LogP) is 0.863. The topological polar surface area (TPSA) is 80.2 Å². The van der Waals surface area contributed by atoms with Crippen molar-refractivity contribution in [3.8, 4) is 11.6 Å². The monoisotopic (exact) mass is 263 g/mol. The van der Waals surface area contributed by atoms with Crippen molar-refractivity contribution >= 4 is 0 Å². The molecule has 7 heteroatoms. The average molecular weight is 263 g/mol. The molecule has 1 fully saturated rings. The lowest BCUT2D eigenvalue weighted by molar-refractivity contribution is 0.190. The molecular formula is C12H17N5O2. The molecule has 0 bridgehead atoms. The van der Waals surface area contributed by atoms with Crippen molar-refractivity contribution in [2.75, 3.05) is 26.7 Å². The summed E-state index contributed by atoms with van der Waals surface area (Å²) in [6.45, 7) is 4.79. The van der Waals surface area contributed by atoms with Crippen LogP contribution in [0.15, 0.2) is 15.3 Å². The smallest absolute Gasteiger partial charge is 0.280 e. The molecule has 0 aromatic carbocycles. The fourth-order valence-corrected chi connectivity index (χ4v) is 2.26. The zero-order valence-corrected chi connectivity index (χ0v) is 11.1. The Bertz CT molecular complexity index is 550. The van der Waals surface area contributed by atoms with Gasteiger partial charge in [-0.1, -0.05) is 12.1 Å². The lowest BCUT2D eigenvalue weighted by Gasteiger charge is -2.30. The van der Waals surface area contributed by atoms with E-state index in [2.05, 4.69) is 32.4 Å². The summed E-state index contributed by atoms with van der Waals surface area (Å²) in [6.07, 6.45) is 2.16. The molecule has 3 rings (SSSR count). The molecule has 0 aliphatic carbocycles. The first kappa shape index (κ1) is 12.3. The number of likely N-dealkylation sites (N-methyl/N-ethyl adjacent to an activating group) is 1. The number of aryl methyl sites for hydroxylation is 1. The molecule has 0 radical (unpaired) electrons. The highest BCUT2D eigenvalue weighted by atomic mass is 16.5. The van der Waals surface area contributed by atoms with Crippen LogP contribution in [0.4, 0.5) is 0 Å². The molecule has 0 saturated carbocycles. The van der Waals surface area contributed by atoms with Crippen LogP contribution >= 0.6 is 0 Å². The van der Waals surface area contributed by atoms with Crippen molar-refractivity contribution in [3.63, 3.8) is 0 Å². The van der Waals surface area contributed by atoms with E-state index in [9.17, 15) is 0 Å². The number of piperazine rings is 1. The summed E-state index contributed by atoms with van der Waals surface area (Å²) in [4.78, 5) is 10.8. The van der Waals surface area contributed by atoms with E-state index in [1.54, 1.807) is 0 Å². The van der Waals surface area contributed by atoms with Gasteiger partial charge in [-0.3, -0.25) is 4.90 Å². The Labute approximate surface area is 111 Å². The molecule has 1 aliphatic rings. The van der Waals surface area contributed by atoms with E-state index in [-0.39, 0.29) is 6.04 Å². The molecule has 1 unspecified atom stereocenters. The number of aromatic nitrogens is 3. The standard InChI is InChI=1S/C12H17N5O2/c1-3-9-10(14-7-18-9)12-15-11(16-19-12)8-6-13-4-5-17(8)2/h7-8,13H,3-6H2,1-2H3. The maximum Gasteiger partial charge on any atom is 0.280 e. The van der Waals surface area contributed by atoms with E-state index in [0.717, 1.165) is 31.8 Å². The average Bonchev–Trinajstić information content (AvgIpc) is 3.07. The molecule has 1 saturated heterocycles.